The highest BCUT2D eigenvalue weighted by molar-refractivity contribution is 5.47. The van der Waals surface area contributed by atoms with E-state index in [9.17, 15) is 4.39 Å². The second-order valence-corrected chi connectivity index (χ2v) is 5.32. The smallest absolute Gasteiger partial charge is 0.146 e. The molecule has 0 aromatic heterocycles. The van der Waals surface area contributed by atoms with Crippen LogP contribution in [0.5, 0.6) is 0 Å². The quantitative estimate of drug-likeness (QED) is 0.830. The lowest BCUT2D eigenvalue weighted by atomic mass is 9.92. The summed E-state index contributed by atoms with van der Waals surface area (Å²) in [5.74, 6) is 0.587. The van der Waals surface area contributed by atoms with Crippen molar-refractivity contribution >= 4 is 5.69 Å². The van der Waals surface area contributed by atoms with Crippen molar-refractivity contribution in [2.45, 2.75) is 39.2 Å². The number of halogens is 1. The molecule has 0 atom stereocenters. The van der Waals surface area contributed by atoms with Gasteiger partial charge >= 0.3 is 0 Å². The lowest BCUT2D eigenvalue weighted by Gasteiger charge is -2.32. The average Bonchev–Trinajstić information content (AvgIpc) is 2.38. The van der Waals surface area contributed by atoms with Gasteiger partial charge in [0, 0.05) is 6.54 Å². The van der Waals surface area contributed by atoms with E-state index in [0.717, 1.165) is 31.1 Å². The number of benzene rings is 1. The molecule has 2 rings (SSSR count). The average molecular weight is 250 g/mol. The number of para-hydroxylation sites is 1. The fourth-order valence-electron chi connectivity index (χ4n) is 2.80. The largest absolute Gasteiger partial charge is 0.396 e. The van der Waals surface area contributed by atoms with Crippen molar-refractivity contribution in [2.75, 3.05) is 18.8 Å². The van der Waals surface area contributed by atoms with E-state index in [1.165, 1.54) is 31.7 Å². The van der Waals surface area contributed by atoms with Crippen molar-refractivity contribution in [3.8, 4) is 0 Å². The van der Waals surface area contributed by atoms with E-state index in [1.807, 2.05) is 6.07 Å². The van der Waals surface area contributed by atoms with E-state index in [-0.39, 0.29) is 5.82 Å². The maximum Gasteiger partial charge on any atom is 0.146 e. The molecular weight excluding hydrogens is 227 g/mol. The number of anilines is 1. The second kappa shape index (κ2) is 6.19. The summed E-state index contributed by atoms with van der Waals surface area (Å²) < 4.78 is 13.4. The van der Waals surface area contributed by atoms with Crippen LogP contribution in [0.2, 0.25) is 0 Å². The Bertz CT molecular complexity index is 384. The van der Waals surface area contributed by atoms with Crippen LogP contribution < -0.4 is 5.73 Å². The van der Waals surface area contributed by atoms with E-state index in [2.05, 4.69) is 11.8 Å². The van der Waals surface area contributed by atoms with Crippen LogP contribution in [0.1, 0.15) is 38.2 Å². The number of nitrogen functional groups attached to an aromatic ring is 1. The van der Waals surface area contributed by atoms with E-state index in [4.69, 9.17) is 5.73 Å². The Kier molecular flexibility index (Phi) is 4.59. The fourth-order valence-corrected chi connectivity index (χ4v) is 2.80. The minimum absolute atomic E-state index is 0.298. The summed E-state index contributed by atoms with van der Waals surface area (Å²) in [6.07, 6.45) is 5.16. The molecule has 18 heavy (non-hydrogen) atoms. The third-order valence-electron chi connectivity index (χ3n) is 3.94. The highest BCUT2D eigenvalue weighted by atomic mass is 19.1. The van der Waals surface area contributed by atoms with Crippen molar-refractivity contribution in [1.29, 1.82) is 0 Å². The van der Waals surface area contributed by atoms with Crippen LogP contribution in [0.15, 0.2) is 18.2 Å². The summed E-state index contributed by atoms with van der Waals surface area (Å²) in [5, 5.41) is 0. The molecule has 1 aromatic rings. The normalized spacial score (nSPS) is 18.1. The highest BCUT2D eigenvalue weighted by Gasteiger charge is 2.19. The molecule has 1 aliphatic heterocycles. The third kappa shape index (κ3) is 3.22. The van der Waals surface area contributed by atoms with Gasteiger partial charge in [-0.05, 0) is 43.5 Å². The molecule has 100 valence electrons. The maximum absolute atomic E-state index is 13.4. The van der Waals surface area contributed by atoms with Gasteiger partial charge in [0.15, 0.2) is 0 Å². The van der Waals surface area contributed by atoms with Crippen molar-refractivity contribution < 1.29 is 4.39 Å². The maximum atomic E-state index is 13.4. The first-order valence-electron chi connectivity index (χ1n) is 6.96. The first-order chi connectivity index (χ1) is 8.70. The molecule has 1 fully saturated rings. The summed E-state index contributed by atoms with van der Waals surface area (Å²) in [6.45, 7) is 5.25. The Balaban J connectivity index is 1.90. The number of likely N-dealkylation sites (tertiary alicyclic amines) is 1. The number of rotatable bonds is 4. The minimum atomic E-state index is -0.298. The summed E-state index contributed by atoms with van der Waals surface area (Å²) in [6, 6.07) is 5.09. The molecule has 1 aromatic carbocycles. The molecule has 0 aliphatic carbocycles. The molecule has 0 radical (unpaired) electrons. The van der Waals surface area contributed by atoms with Gasteiger partial charge in [0.25, 0.3) is 0 Å². The van der Waals surface area contributed by atoms with Crippen molar-refractivity contribution in [3.63, 3.8) is 0 Å². The second-order valence-electron chi connectivity index (χ2n) is 5.32. The SMILES string of the molecule is CCCC1CCN(Cc2cccc(F)c2N)CC1. The van der Waals surface area contributed by atoms with Crippen LogP contribution in [-0.2, 0) is 6.54 Å². The molecule has 1 saturated heterocycles. The van der Waals surface area contributed by atoms with Crippen LogP contribution in [0.3, 0.4) is 0 Å². The zero-order chi connectivity index (χ0) is 13.0. The van der Waals surface area contributed by atoms with Gasteiger partial charge in [0.2, 0.25) is 0 Å². The molecule has 1 heterocycles. The van der Waals surface area contributed by atoms with Crippen LogP contribution in [-0.4, -0.2) is 18.0 Å². The standard InChI is InChI=1S/C15H23FN2/c1-2-4-12-7-9-18(10-8-12)11-13-5-3-6-14(16)15(13)17/h3,5-6,12H,2,4,7-11,17H2,1H3. The van der Waals surface area contributed by atoms with Crippen molar-refractivity contribution in [3.05, 3.63) is 29.6 Å². The van der Waals surface area contributed by atoms with Gasteiger partial charge in [-0.15, -0.1) is 0 Å². The van der Waals surface area contributed by atoms with Crippen LogP contribution in [0.25, 0.3) is 0 Å². The van der Waals surface area contributed by atoms with Crippen LogP contribution >= 0.6 is 0 Å². The number of hydrogen-bond acceptors (Lipinski definition) is 2. The molecule has 0 unspecified atom stereocenters. The Morgan fingerprint density at radius 3 is 2.72 bits per heavy atom. The lowest BCUT2D eigenvalue weighted by molar-refractivity contribution is 0.172. The van der Waals surface area contributed by atoms with Crippen molar-refractivity contribution in [1.82, 2.24) is 4.90 Å². The zero-order valence-corrected chi connectivity index (χ0v) is 11.2. The van der Waals surface area contributed by atoms with E-state index < -0.39 is 0 Å². The molecule has 2 N–H and O–H groups in total. The van der Waals surface area contributed by atoms with Crippen molar-refractivity contribution in [2.24, 2.45) is 5.92 Å². The van der Waals surface area contributed by atoms with Gasteiger partial charge < -0.3 is 5.73 Å². The van der Waals surface area contributed by atoms with Gasteiger partial charge in [-0.3, -0.25) is 4.90 Å². The van der Waals surface area contributed by atoms with E-state index in [0.29, 0.717) is 5.69 Å². The van der Waals surface area contributed by atoms with Gasteiger partial charge in [0.05, 0.1) is 5.69 Å². The molecule has 0 amide bonds. The predicted molar refractivity (Wildman–Crippen MR) is 73.7 cm³/mol. The summed E-state index contributed by atoms with van der Waals surface area (Å²) >= 11 is 0. The molecule has 1 aliphatic rings. The zero-order valence-electron chi connectivity index (χ0n) is 11.2. The number of nitrogens with two attached hydrogens (primary N) is 1. The van der Waals surface area contributed by atoms with E-state index >= 15 is 0 Å². The number of nitrogens with zero attached hydrogens (tertiary/aromatic N) is 1. The molecule has 0 spiro atoms. The Labute approximate surface area is 109 Å². The monoisotopic (exact) mass is 250 g/mol. The Morgan fingerprint density at radius 1 is 1.33 bits per heavy atom. The molecule has 0 bridgehead atoms. The topological polar surface area (TPSA) is 29.3 Å². The minimum Gasteiger partial charge on any atom is -0.396 e. The van der Waals surface area contributed by atoms with Gasteiger partial charge in [-0.1, -0.05) is 31.9 Å². The summed E-state index contributed by atoms with van der Waals surface area (Å²) in [5.41, 5.74) is 7.01. The fraction of sp³-hybridized carbons (Fsp3) is 0.600. The first kappa shape index (κ1) is 13.3. The Morgan fingerprint density at radius 2 is 2.06 bits per heavy atom. The third-order valence-corrected chi connectivity index (χ3v) is 3.94. The molecular formula is C15H23FN2. The van der Waals surface area contributed by atoms with Gasteiger partial charge in [-0.25, -0.2) is 4.39 Å². The van der Waals surface area contributed by atoms with E-state index in [1.54, 1.807) is 6.07 Å². The summed E-state index contributed by atoms with van der Waals surface area (Å²) in [7, 11) is 0. The Hall–Kier alpha value is -1.09. The first-order valence-corrected chi connectivity index (χ1v) is 6.96. The predicted octanol–water partition coefficient (Wildman–Crippen LogP) is 3.42. The number of piperidine rings is 1. The molecule has 2 nitrogen and oxygen atoms in total. The highest BCUT2D eigenvalue weighted by Crippen LogP contribution is 2.24. The van der Waals surface area contributed by atoms with Crippen LogP contribution in [0, 0.1) is 11.7 Å². The molecule has 0 saturated carbocycles. The van der Waals surface area contributed by atoms with Crippen LogP contribution in [0.4, 0.5) is 10.1 Å². The molecule has 3 heteroatoms. The van der Waals surface area contributed by atoms with Gasteiger partial charge in [0.1, 0.15) is 5.82 Å². The number of hydrogen-bond donors (Lipinski definition) is 1. The summed E-state index contributed by atoms with van der Waals surface area (Å²) in [4.78, 5) is 2.39. The van der Waals surface area contributed by atoms with Gasteiger partial charge in [-0.2, -0.15) is 0 Å². The lowest BCUT2D eigenvalue weighted by Crippen LogP contribution is -2.33.